The van der Waals surface area contributed by atoms with Gasteiger partial charge in [-0.25, -0.2) is 0 Å². The lowest BCUT2D eigenvalue weighted by atomic mass is 9.73. The first kappa shape index (κ1) is 37.2. The number of rotatable bonds is 13. The lowest BCUT2D eigenvalue weighted by Gasteiger charge is -2.39. The quantitative estimate of drug-likeness (QED) is 0.0682. The molecule has 0 saturated carbocycles. The van der Waals surface area contributed by atoms with Crippen molar-refractivity contribution in [3.05, 3.63) is 160 Å². The summed E-state index contributed by atoms with van der Waals surface area (Å²) in [5.74, 6) is 1.31. The summed E-state index contributed by atoms with van der Waals surface area (Å²) in [6.07, 6.45) is 6.20. The normalized spacial score (nSPS) is 20.0. The van der Waals surface area contributed by atoms with Gasteiger partial charge in [0, 0.05) is 11.5 Å². The van der Waals surface area contributed by atoms with E-state index in [9.17, 15) is 0 Å². The van der Waals surface area contributed by atoms with E-state index in [2.05, 4.69) is 62.4 Å². The maximum absolute atomic E-state index is 15.1. The van der Waals surface area contributed by atoms with E-state index in [-0.39, 0.29) is 29.9 Å². The summed E-state index contributed by atoms with van der Waals surface area (Å²) in [6.45, 7) is 4.33. The molecular formula is C48H50F2O5. The van der Waals surface area contributed by atoms with E-state index in [1.165, 1.54) is 64.9 Å². The highest BCUT2D eigenvalue weighted by molar-refractivity contribution is 5.55. The van der Waals surface area contributed by atoms with Crippen LogP contribution in [0.25, 0.3) is 0 Å². The van der Waals surface area contributed by atoms with Gasteiger partial charge in [0.15, 0.2) is 5.75 Å². The third kappa shape index (κ3) is 7.87. The minimum absolute atomic E-state index is 0.0169. The Morgan fingerprint density at radius 3 is 2.27 bits per heavy atom. The van der Waals surface area contributed by atoms with Crippen LogP contribution in [0.15, 0.2) is 115 Å². The van der Waals surface area contributed by atoms with Crippen LogP contribution >= 0.6 is 0 Å². The first-order valence-corrected chi connectivity index (χ1v) is 20.0. The Kier molecular flexibility index (Phi) is 10.9. The second kappa shape index (κ2) is 16.2. The molecule has 286 valence electrons. The zero-order chi connectivity index (χ0) is 37.8. The molecule has 1 aliphatic heterocycles. The maximum Gasteiger partial charge on any atom is 0.426 e. The van der Waals surface area contributed by atoms with Crippen molar-refractivity contribution >= 4 is 0 Å². The molecular weight excluding hydrogens is 695 g/mol. The monoisotopic (exact) mass is 744 g/mol. The number of benzene rings is 5. The molecule has 0 N–H and O–H groups in total. The SMILES string of the molecule is CCCCCc1ccc(C(F)(F)Oc2ccc(OOC[C@](C)(c3ccccc3)C3Oc4ccc5c(c4[C@H]4c6ccccc6CC[C@H]4O3)CCCC5)cc2)cc1. The van der Waals surface area contributed by atoms with Crippen molar-refractivity contribution in [1.82, 2.24) is 0 Å². The molecule has 1 unspecified atom stereocenters. The predicted octanol–water partition coefficient (Wildman–Crippen LogP) is 11.6. The molecule has 8 rings (SSSR count). The van der Waals surface area contributed by atoms with E-state index >= 15 is 8.78 Å². The summed E-state index contributed by atoms with van der Waals surface area (Å²) in [5, 5.41) is 0. The van der Waals surface area contributed by atoms with Gasteiger partial charge < -0.3 is 19.1 Å². The molecule has 5 aromatic rings. The predicted molar refractivity (Wildman–Crippen MR) is 210 cm³/mol. The summed E-state index contributed by atoms with van der Waals surface area (Å²) in [4.78, 5) is 11.8. The van der Waals surface area contributed by atoms with Crippen LogP contribution in [0.4, 0.5) is 8.78 Å². The van der Waals surface area contributed by atoms with Crippen molar-refractivity contribution in [3.8, 4) is 17.2 Å². The van der Waals surface area contributed by atoms with E-state index in [0.717, 1.165) is 68.2 Å². The van der Waals surface area contributed by atoms with E-state index < -0.39 is 17.8 Å². The first-order valence-electron chi connectivity index (χ1n) is 20.0. The van der Waals surface area contributed by atoms with E-state index in [1.54, 1.807) is 24.3 Å². The van der Waals surface area contributed by atoms with Gasteiger partial charge in [-0.05, 0) is 134 Å². The van der Waals surface area contributed by atoms with Gasteiger partial charge in [0.05, 0.1) is 17.1 Å². The molecule has 0 amide bonds. The molecule has 2 aliphatic carbocycles. The zero-order valence-electron chi connectivity index (χ0n) is 31.8. The van der Waals surface area contributed by atoms with Crippen LogP contribution in [0.3, 0.4) is 0 Å². The summed E-state index contributed by atoms with van der Waals surface area (Å²) in [7, 11) is 0. The Morgan fingerprint density at radius 1 is 0.727 bits per heavy atom. The van der Waals surface area contributed by atoms with Gasteiger partial charge in [-0.3, -0.25) is 0 Å². The highest BCUT2D eigenvalue weighted by Crippen LogP contribution is 2.50. The second-order valence-electron chi connectivity index (χ2n) is 15.5. The zero-order valence-corrected chi connectivity index (χ0v) is 31.8. The van der Waals surface area contributed by atoms with Crippen LogP contribution in [-0.2, 0) is 46.8 Å². The number of hydrogen-bond acceptors (Lipinski definition) is 5. The third-order valence-corrected chi connectivity index (χ3v) is 11.7. The summed E-state index contributed by atoms with van der Waals surface area (Å²) >= 11 is 0. The number of halogens is 2. The molecule has 0 saturated heterocycles. The lowest BCUT2D eigenvalue weighted by Crippen LogP contribution is -2.48. The Balaban J connectivity index is 1.00. The van der Waals surface area contributed by atoms with Gasteiger partial charge in [0.1, 0.15) is 18.1 Å². The van der Waals surface area contributed by atoms with Crippen molar-refractivity contribution in [2.75, 3.05) is 6.61 Å². The smallest absolute Gasteiger partial charge is 0.426 e. The number of ether oxygens (including phenoxy) is 3. The Morgan fingerprint density at radius 2 is 1.47 bits per heavy atom. The van der Waals surface area contributed by atoms with E-state index in [1.807, 2.05) is 18.2 Å². The molecule has 5 aromatic carbocycles. The molecule has 0 radical (unpaired) electrons. The fraction of sp³-hybridized carbons (Fsp3) is 0.375. The Bertz CT molecular complexity index is 2050. The number of hydrogen-bond donors (Lipinski definition) is 0. The number of unbranched alkanes of at least 4 members (excludes halogenated alkanes) is 2. The third-order valence-electron chi connectivity index (χ3n) is 11.7. The molecule has 4 atom stereocenters. The summed E-state index contributed by atoms with van der Waals surface area (Å²) < 4.78 is 49.6. The van der Waals surface area contributed by atoms with Crippen LogP contribution in [0, 0.1) is 0 Å². The molecule has 55 heavy (non-hydrogen) atoms. The van der Waals surface area contributed by atoms with Crippen molar-refractivity contribution in [2.24, 2.45) is 0 Å². The number of aryl methyl sites for hydroxylation is 3. The van der Waals surface area contributed by atoms with Crippen LogP contribution in [0.5, 0.6) is 17.2 Å². The van der Waals surface area contributed by atoms with Crippen LogP contribution < -0.4 is 14.4 Å². The highest BCUT2D eigenvalue weighted by atomic mass is 19.3. The van der Waals surface area contributed by atoms with Gasteiger partial charge in [0.2, 0.25) is 6.29 Å². The fourth-order valence-electron chi connectivity index (χ4n) is 8.62. The largest absolute Gasteiger partial charge is 0.464 e. The fourth-order valence-corrected chi connectivity index (χ4v) is 8.62. The number of fused-ring (bicyclic) bond motifs is 7. The minimum atomic E-state index is -3.49. The second-order valence-corrected chi connectivity index (χ2v) is 15.5. The molecule has 5 nitrogen and oxygen atoms in total. The maximum atomic E-state index is 15.1. The molecule has 0 aromatic heterocycles. The average Bonchev–Trinajstić information content (AvgIpc) is 3.40. The molecule has 0 fully saturated rings. The van der Waals surface area contributed by atoms with Gasteiger partial charge in [-0.1, -0.05) is 92.6 Å². The standard InChI is InChI=1S/C48H50F2O5/c1-3-4-6-13-33-20-24-37(25-21-33)48(49,50)54-38-26-28-39(29-27-38)55-51-32-47(2,36-16-7-5-8-17-36)46-52-42-30-22-34-14-9-11-18-40(34)44(42)45-41-19-12-10-15-35(41)23-31-43(45)53-46/h5,7-9,11,14,16-18,20-21,23-29,31,42,44,46H,3-4,6,10,12-13,15,19,22,30,32H2,1-2H3/t42-,44+,46?,47-/m1/s1. The highest BCUT2D eigenvalue weighted by Gasteiger charge is 2.47. The topological polar surface area (TPSA) is 46.2 Å². The van der Waals surface area contributed by atoms with E-state index in [0.29, 0.717) is 5.75 Å². The first-order chi connectivity index (χ1) is 26.8. The van der Waals surface area contributed by atoms with E-state index in [4.69, 9.17) is 24.0 Å². The molecule has 0 bridgehead atoms. The van der Waals surface area contributed by atoms with Crippen LogP contribution in [0.2, 0.25) is 0 Å². The van der Waals surface area contributed by atoms with Crippen molar-refractivity contribution in [1.29, 1.82) is 0 Å². The summed E-state index contributed by atoms with van der Waals surface area (Å²) in [5.41, 5.74) is 7.85. The van der Waals surface area contributed by atoms with Crippen molar-refractivity contribution in [2.45, 2.75) is 108 Å². The van der Waals surface area contributed by atoms with Crippen molar-refractivity contribution in [3.63, 3.8) is 0 Å². The molecule has 1 heterocycles. The van der Waals surface area contributed by atoms with Crippen LogP contribution in [0.1, 0.15) is 103 Å². The Labute approximate surface area is 323 Å². The van der Waals surface area contributed by atoms with Gasteiger partial charge >= 0.3 is 6.11 Å². The molecule has 7 heteroatoms. The van der Waals surface area contributed by atoms with Crippen molar-refractivity contribution < 1.29 is 32.8 Å². The average molecular weight is 745 g/mol. The minimum Gasteiger partial charge on any atom is -0.464 e. The number of alkyl halides is 2. The Hall–Kier alpha value is -4.72. The van der Waals surface area contributed by atoms with Gasteiger partial charge in [0.25, 0.3) is 0 Å². The van der Waals surface area contributed by atoms with Gasteiger partial charge in [-0.15, -0.1) is 0 Å². The van der Waals surface area contributed by atoms with Gasteiger partial charge in [-0.2, -0.15) is 13.7 Å². The molecule has 0 spiro atoms. The summed E-state index contributed by atoms with van der Waals surface area (Å²) in [6, 6.07) is 35.7. The van der Waals surface area contributed by atoms with Crippen LogP contribution in [-0.4, -0.2) is 19.0 Å². The lowest BCUT2D eigenvalue weighted by molar-refractivity contribution is -0.247. The molecule has 3 aliphatic rings.